The van der Waals surface area contributed by atoms with Gasteiger partial charge in [-0.15, -0.1) is 0 Å². The Morgan fingerprint density at radius 2 is 1.83 bits per heavy atom. The average molecular weight is 422 g/mol. The molecule has 6 nitrogen and oxygen atoms in total. The number of furan rings is 1. The van der Waals surface area contributed by atoms with Crippen molar-refractivity contribution in [1.29, 1.82) is 0 Å². The van der Waals surface area contributed by atoms with Gasteiger partial charge in [0.2, 0.25) is 0 Å². The SMILES string of the molecule is Cc1ccccc1N1C(=O)C(=Cc2ccc(-c3ccccc3[N+](=O)[O-])o2)SC1=S. The maximum atomic E-state index is 12.9. The first kappa shape index (κ1) is 19.1. The van der Waals surface area contributed by atoms with Crippen molar-refractivity contribution in [2.24, 2.45) is 0 Å². The highest BCUT2D eigenvalue weighted by molar-refractivity contribution is 8.27. The van der Waals surface area contributed by atoms with Gasteiger partial charge in [0.1, 0.15) is 11.5 Å². The molecule has 0 spiro atoms. The molecule has 1 aromatic heterocycles. The lowest BCUT2D eigenvalue weighted by atomic mass is 10.1. The van der Waals surface area contributed by atoms with Crippen LogP contribution in [0.4, 0.5) is 11.4 Å². The highest BCUT2D eigenvalue weighted by Gasteiger charge is 2.34. The summed E-state index contributed by atoms with van der Waals surface area (Å²) in [6, 6.07) is 17.2. The Morgan fingerprint density at radius 1 is 1.10 bits per heavy atom. The number of benzene rings is 2. The smallest absolute Gasteiger partial charge is 0.280 e. The largest absolute Gasteiger partial charge is 0.456 e. The fraction of sp³-hybridized carbons (Fsp3) is 0.0476. The van der Waals surface area contributed by atoms with Gasteiger partial charge in [0.15, 0.2) is 4.32 Å². The Balaban J connectivity index is 1.65. The van der Waals surface area contributed by atoms with Crippen LogP contribution in [-0.4, -0.2) is 15.2 Å². The van der Waals surface area contributed by atoms with E-state index in [1.807, 2.05) is 31.2 Å². The zero-order valence-corrected chi connectivity index (χ0v) is 16.8. The van der Waals surface area contributed by atoms with E-state index in [4.69, 9.17) is 16.6 Å². The molecule has 8 heteroatoms. The number of aryl methyl sites for hydroxylation is 1. The third-order valence-corrected chi connectivity index (χ3v) is 5.72. The van der Waals surface area contributed by atoms with Gasteiger partial charge in [0.05, 0.1) is 21.1 Å². The highest BCUT2D eigenvalue weighted by atomic mass is 32.2. The molecular weight excluding hydrogens is 408 g/mol. The maximum Gasteiger partial charge on any atom is 0.280 e. The second-order valence-electron chi connectivity index (χ2n) is 6.28. The molecule has 0 saturated carbocycles. The number of carbonyl (C=O) groups is 1. The molecule has 29 heavy (non-hydrogen) atoms. The molecular formula is C21H14N2O4S2. The molecule has 0 atom stereocenters. The number of carbonyl (C=O) groups excluding carboxylic acids is 1. The fourth-order valence-corrected chi connectivity index (χ4v) is 4.30. The van der Waals surface area contributed by atoms with Crippen LogP contribution in [0.15, 0.2) is 70.0 Å². The molecule has 3 aromatic rings. The van der Waals surface area contributed by atoms with Crippen molar-refractivity contribution in [3.05, 3.63) is 87.0 Å². The van der Waals surface area contributed by atoms with E-state index in [-0.39, 0.29) is 11.6 Å². The summed E-state index contributed by atoms with van der Waals surface area (Å²) in [7, 11) is 0. The minimum Gasteiger partial charge on any atom is -0.456 e. The predicted octanol–water partition coefficient (Wildman–Crippen LogP) is 5.57. The van der Waals surface area contributed by atoms with Gasteiger partial charge in [-0.2, -0.15) is 0 Å². The maximum absolute atomic E-state index is 12.9. The van der Waals surface area contributed by atoms with E-state index in [1.165, 1.54) is 22.7 Å². The van der Waals surface area contributed by atoms with E-state index in [1.54, 1.807) is 36.4 Å². The Labute approximate surface area is 176 Å². The first-order valence-corrected chi connectivity index (χ1v) is 9.85. The van der Waals surface area contributed by atoms with E-state index in [0.29, 0.717) is 26.3 Å². The summed E-state index contributed by atoms with van der Waals surface area (Å²) < 4.78 is 6.21. The van der Waals surface area contributed by atoms with Gasteiger partial charge < -0.3 is 4.42 Å². The van der Waals surface area contributed by atoms with Crippen molar-refractivity contribution in [1.82, 2.24) is 0 Å². The summed E-state index contributed by atoms with van der Waals surface area (Å²) in [5, 5.41) is 11.2. The molecule has 1 amide bonds. The van der Waals surface area contributed by atoms with Crippen LogP contribution >= 0.6 is 24.0 Å². The van der Waals surface area contributed by atoms with E-state index >= 15 is 0 Å². The van der Waals surface area contributed by atoms with Gasteiger partial charge in [0.25, 0.3) is 11.6 Å². The molecule has 0 aliphatic carbocycles. The van der Waals surface area contributed by atoms with Crippen LogP contribution in [0.25, 0.3) is 17.4 Å². The molecule has 144 valence electrons. The van der Waals surface area contributed by atoms with Crippen LogP contribution in [0.3, 0.4) is 0 Å². The van der Waals surface area contributed by atoms with Crippen molar-refractivity contribution < 1.29 is 14.1 Å². The van der Waals surface area contributed by atoms with E-state index in [9.17, 15) is 14.9 Å². The van der Waals surface area contributed by atoms with Crippen LogP contribution in [-0.2, 0) is 4.79 Å². The van der Waals surface area contributed by atoms with Gasteiger partial charge in [-0.25, -0.2) is 0 Å². The second-order valence-corrected chi connectivity index (χ2v) is 7.96. The number of thioether (sulfide) groups is 1. The Morgan fingerprint density at radius 3 is 2.59 bits per heavy atom. The summed E-state index contributed by atoms with van der Waals surface area (Å²) in [5.41, 5.74) is 2.03. The second kappa shape index (κ2) is 7.65. The average Bonchev–Trinajstić information content (AvgIpc) is 3.27. The van der Waals surface area contributed by atoms with Crippen molar-refractivity contribution in [2.45, 2.75) is 6.92 Å². The number of anilines is 1. The van der Waals surface area contributed by atoms with Gasteiger partial charge in [-0.1, -0.05) is 54.3 Å². The van der Waals surface area contributed by atoms with Crippen LogP contribution in [0.1, 0.15) is 11.3 Å². The normalized spacial score (nSPS) is 15.3. The third kappa shape index (κ3) is 3.59. The summed E-state index contributed by atoms with van der Waals surface area (Å²) in [6.07, 6.45) is 1.61. The number of nitro groups is 1. The van der Waals surface area contributed by atoms with Crippen molar-refractivity contribution in [3.63, 3.8) is 0 Å². The Kier molecular flexibility index (Phi) is 5.04. The lowest BCUT2D eigenvalue weighted by molar-refractivity contribution is -0.384. The van der Waals surface area contributed by atoms with E-state index in [2.05, 4.69) is 0 Å². The topological polar surface area (TPSA) is 76.6 Å². The number of nitrogens with zero attached hydrogens (tertiary/aromatic N) is 2. The van der Waals surface area contributed by atoms with Crippen molar-refractivity contribution >= 4 is 51.7 Å². The number of para-hydroxylation sites is 2. The monoisotopic (exact) mass is 422 g/mol. The number of rotatable bonds is 4. The lowest BCUT2D eigenvalue weighted by Gasteiger charge is -2.16. The van der Waals surface area contributed by atoms with Gasteiger partial charge in [-0.3, -0.25) is 19.8 Å². The molecule has 0 unspecified atom stereocenters. The zero-order chi connectivity index (χ0) is 20.5. The summed E-state index contributed by atoms with van der Waals surface area (Å²) in [5.74, 6) is 0.555. The van der Waals surface area contributed by atoms with Crippen molar-refractivity contribution in [3.8, 4) is 11.3 Å². The van der Waals surface area contributed by atoms with Gasteiger partial charge in [-0.05, 0) is 36.8 Å². The molecule has 2 heterocycles. The van der Waals surface area contributed by atoms with Gasteiger partial charge >= 0.3 is 0 Å². The minimum absolute atomic E-state index is 0.0423. The molecule has 1 fully saturated rings. The number of hydrogen-bond donors (Lipinski definition) is 0. The molecule has 1 aliphatic rings. The molecule has 0 bridgehead atoms. The third-order valence-electron chi connectivity index (χ3n) is 4.42. The molecule has 1 aliphatic heterocycles. The lowest BCUT2D eigenvalue weighted by Crippen LogP contribution is -2.28. The Hall–Kier alpha value is -3.23. The standard InChI is InChI=1S/C21H14N2O4S2/c1-13-6-2-4-8-16(13)22-20(24)19(29-21(22)28)12-14-10-11-18(27-14)15-7-3-5-9-17(15)23(25)26/h2-12H,1H3. The minimum atomic E-state index is -0.454. The molecule has 2 aromatic carbocycles. The predicted molar refractivity (Wildman–Crippen MR) is 118 cm³/mol. The zero-order valence-electron chi connectivity index (χ0n) is 15.2. The van der Waals surface area contributed by atoms with E-state index < -0.39 is 4.92 Å². The summed E-state index contributed by atoms with van der Waals surface area (Å²) >= 11 is 6.60. The first-order valence-electron chi connectivity index (χ1n) is 8.63. The number of thiocarbonyl (C=S) groups is 1. The van der Waals surface area contributed by atoms with E-state index in [0.717, 1.165) is 11.3 Å². The molecule has 0 radical (unpaired) electrons. The number of hydrogen-bond acceptors (Lipinski definition) is 6. The fourth-order valence-electron chi connectivity index (χ4n) is 3.04. The van der Waals surface area contributed by atoms with Crippen LogP contribution in [0.5, 0.6) is 0 Å². The summed E-state index contributed by atoms with van der Waals surface area (Å²) in [4.78, 5) is 25.6. The molecule has 4 rings (SSSR count). The van der Waals surface area contributed by atoms with Crippen molar-refractivity contribution in [2.75, 3.05) is 4.90 Å². The number of amides is 1. The molecule has 0 N–H and O–H groups in total. The first-order chi connectivity index (χ1) is 14.0. The molecule has 1 saturated heterocycles. The van der Waals surface area contributed by atoms with Crippen LogP contribution in [0, 0.1) is 17.0 Å². The van der Waals surface area contributed by atoms with Gasteiger partial charge in [0, 0.05) is 12.1 Å². The van der Waals surface area contributed by atoms with Crippen LogP contribution in [0.2, 0.25) is 0 Å². The Bertz CT molecular complexity index is 1180. The van der Waals surface area contributed by atoms with Crippen LogP contribution < -0.4 is 4.90 Å². The quantitative estimate of drug-likeness (QED) is 0.237. The number of nitro benzene ring substituents is 1. The highest BCUT2D eigenvalue weighted by Crippen LogP contribution is 2.38. The summed E-state index contributed by atoms with van der Waals surface area (Å²) in [6.45, 7) is 1.92.